The molecule has 0 aromatic heterocycles. The molecule has 2 nitrogen and oxygen atoms in total. The van der Waals surface area contributed by atoms with E-state index in [1.807, 2.05) is 30.3 Å². The summed E-state index contributed by atoms with van der Waals surface area (Å²) in [5.41, 5.74) is 0. The topological polar surface area (TPSA) is 37.3 Å². The maximum Gasteiger partial charge on any atom is 0.171 e. The van der Waals surface area contributed by atoms with Gasteiger partial charge in [-0.15, -0.1) is 0 Å². The maximum atomic E-state index is 15.2. The van der Waals surface area contributed by atoms with Crippen molar-refractivity contribution in [1.29, 1.82) is 0 Å². The van der Waals surface area contributed by atoms with E-state index in [2.05, 4.69) is 66.7 Å². The second-order valence-corrected chi connectivity index (χ2v) is 11.8. The van der Waals surface area contributed by atoms with Crippen molar-refractivity contribution in [3.8, 4) is 5.75 Å². The van der Waals surface area contributed by atoms with Crippen molar-refractivity contribution in [2.75, 3.05) is 0 Å². The van der Waals surface area contributed by atoms with E-state index in [0.717, 1.165) is 21.4 Å². The van der Waals surface area contributed by atoms with Crippen LogP contribution in [-0.2, 0) is 4.57 Å². The van der Waals surface area contributed by atoms with Crippen molar-refractivity contribution in [2.24, 2.45) is 0 Å². The molecule has 0 saturated heterocycles. The summed E-state index contributed by atoms with van der Waals surface area (Å²) in [6.45, 7) is 0. The highest BCUT2D eigenvalue weighted by Gasteiger charge is 2.32. The molecule has 0 heterocycles. The van der Waals surface area contributed by atoms with E-state index in [1.165, 1.54) is 32.3 Å². The Morgan fingerprint density at radius 3 is 1.69 bits per heavy atom. The summed E-state index contributed by atoms with van der Waals surface area (Å²) in [5, 5.41) is 21.7. The molecule has 7 rings (SSSR count). The van der Waals surface area contributed by atoms with Gasteiger partial charge in [-0.3, -0.25) is 0 Å². The lowest BCUT2D eigenvalue weighted by Gasteiger charge is -2.23. The van der Waals surface area contributed by atoms with Crippen LogP contribution in [0.1, 0.15) is 0 Å². The predicted molar refractivity (Wildman–Crippen MR) is 149 cm³/mol. The van der Waals surface area contributed by atoms with Gasteiger partial charge in [-0.05, 0) is 73.4 Å². The van der Waals surface area contributed by atoms with Crippen molar-refractivity contribution < 1.29 is 9.67 Å². The average molecular weight is 468 g/mol. The van der Waals surface area contributed by atoms with E-state index in [0.29, 0.717) is 5.30 Å². The molecule has 0 bridgehead atoms. The number of phenolic OH excluding ortho intramolecular Hbond substituents is 1. The van der Waals surface area contributed by atoms with Crippen LogP contribution in [0.25, 0.3) is 43.1 Å². The monoisotopic (exact) mass is 468 g/mol. The van der Waals surface area contributed by atoms with Gasteiger partial charge >= 0.3 is 0 Å². The largest absolute Gasteiger partial charge is 0.508 e. The molecule has 35 heavy (non-hydrogen) atoms. The Balaban J connectivity index is 1.66. The highest BCUT2D eigenvalue weighted by Crippen LogP contribution is 2.47. The van der Waals surface area contributed by atoms with E-state index in [1.54, 1.807) is 24.3 Å². The molecule has 0 radical (unpaired) electrons. The van der Waals surface area contributed by atoms with Gasteiger partial charge in [-0.2, -0.15) is 0 Å². The second-order valence-electron chi connectivity index (χ2n) is 9.03. The molecule has 166 valence electrons. The van der Waals surface area contributed by atoms with Crippen molar-refractivity contribution in [1.82, 2.24) is 0 Å². The summed E-state index contributed by atoms with van der Waals surface area (Å²) >= 11 is 0. The number of aromatic hydroxyl groups is 1. The van der Waals surface area contributed by atoms with Crippen LogP contribution in [0.15, 0.2) is 121 Å². The summed E-state index contributed by atoms with van der Waals surface area (Å²) < 4.78 is 15.2. The molecule has 0 amide bonds. The van der Waals surface area contributed by atoms with Crippen molar-refractivity contribution >= 4 is 66.1 Å². The second kappa shape index (κ2) is 7.43. The number of hydrogen-bond acceptors (Lipinski definition) is 2. The number of hydrogen-bond donors (Lipinski definition) is 1. The van der Waals surface area contributed by atoms with E-state index >= 15 is 4.57 Å². The van der Waals surface area contributed by atoms with Gasteiger partial charge in [0.2, 0.25) is 0 Å². The van der Waals surface area contributed by atoms with Crippen LogP contribution in [0.4, 0.5) is 0 Å². The Bertz CT molecular complexity index is 1870. The maximum absolute atomic E-state index is 15.2. The quantitative estimate of drug-likeness (QED) is 0.171. The molecule has 0 fully saturated rings. The highest BCUT2D eigenvalue weighted by molar-refractivity contribution is 7.85. The number of fused-ring (bicyclic) bond motifs is 2. The molecule has 0 aliphatic carbocycles. The highest BCUT2D eigenvalue weighted by atomic mass is 31.2. The van der Waals surface area contributed by atoms with Crippen molar-refractivity contribution in [3.63, 3.8) is 0 Å². The Hall–Kier alpha value is -4.13. The lowest BCUT2D eigenvalue weighted by Crippen LogP contribution is -2.25. The minimum Gasteiger partial charge on any atom is -0.508 e. The van der Waals surface area contributed by atoms with Gasteiger partial charge in [0.15, 0.2) is 7.14 Å². The van der Waals surface area contributed by atoms with Crippen LogP contribution in [-0.4, -0.2) is 5.11 Å². The molecule has 0 aliphatic heterocycles. The minimum absolute atomic E-state index is 0.162. The first-order valence-corrected chi connectivity index (χ1v) is 13.4. The first-order chi connectivity index (χ1) is 17.2. The summed E-state index contributed by atoms with van der Waals surface area (Å²) in [4.78, 5) is 0. The fourth-order valence-corrected chi connectivity index (χ4v) is 8.46. The molecule has 7 aromatic rings. The normalized spacial score (nSPS) is 13.6. The van der Waals surface area contributed by atoms with Crippen LogP contribution >= 0.6 is 7.14 Å². The molecular weight excluding hydrogens is 447 g/mol. The van der Waals surface area contributed by atoms with Crippen LogP contribution < -0.4 is 15.9 Å². The van der Waals surface area contributed by atoms with Gasteiger partial charge in [0.25, 0.3) is 0 Å². The Labute approximate surface area is 202 Å². The lowest BCUT2D eigenvalue weighted by atomic mass is 9.90. The fourth-order valence-electron chi connectivity index (χ4n) is 5.63. The summed E-state index contributed by atoms with van der Waals surface area (Å²) in [6, 6.07) is 40.0. The van der Waals surface area contributed by atoms with Crippen molar-refractivity contribution in [3.05, 3.63) is 121 Å². The fraction of sp³-hybridized carbons (Fsp3) is 0. The van der Waals surface area contributed by atoms with Crippen LogP contribution in [0.3, 0.4) is 0 Å². The van der Waals surface area contributed by atoms with Crippen LogP contribution in [0.2, 0.25) is 0 Å². The minimum atomic E-state index is -3.22. The lowest BCUT2D eigenvalue weighted by molar-refractivity contribution is 0.475. The summed E-state index contributed by atoms with van der Waals surface area (Å²) in [5.74, 6) is 0.162. The SMILES string of the molecule is O=P(c1ccccc1)(c1ccc(O)cc1)c1ccc2c3cccc4cccc(c5cccc1c52)c43. The summed E-state index contributed by atoms with van der Waals surface area (Å²) in [6.07, 6.45) is 0. The van der Waals surface area contributed by atoms with Crippen molar-refractivity contribution in [2.45, 2.75) is 0 Å². The van der Waals surface area contributed by atoms with E-state index in [9.17, 15) is 5.11 Å². The third-order valence-corrected chi connectivity index (χ3v) is 10.3. The van der Waals surface area contributed by atoms with Gasteiger partial charge in [0, 0.05) is 15.9 Å². The number of rotatable bonds is 3. The Morgan fingerprint density at radius 1 is 0.457 bits per heavy atom. The van der Waals surface area contributed by atoms with E-state index in [-0.39, 0.29) is 5.75 Å². The molecule has 1 N–H and O–H groups in total. The first kappa shape index (κ1) is 20.3. The first-order valence-electron chi connectivity index (χ1n) is 11.7. The molecule has 1 atom stereocenters. The molecule has 0 saturated carbocycles. The average Bonchev–Trinajstić information content (AvgIpc) is 2.92. The van der Waals surface area contributed by atoms with Gasteiger partial charge in [-0.1, -0.05) is 91.0 Å². The number of benzene rings is 7. The zero-order valence-electron chi connectivity index (χ0n) is 18.8. The molecule has 7 aromatic carbocycles. The zero-order valence-corrected chi connectivity index (χ0v) is 19.7. The third-order valence-electron chi connectivity index (χ3n) is 7.18. The van der Waals surface area contributed by atoms with Crippen LogP contribution in [0, 0.1) is 0 Å². The third kappa shape index (κ3) is 2.81. The Kier molecular flexibility index (Phi) is 4.30. The molecular formula is C32H21O2P. The van der Waals surface area contributed by atoms with Gasteiger partial charge in [-0.25, -0.2) is 0 Å². The zero-order chi connectivity index (χ0) is 23.6. The Morgan fingerprint density at radius 2 is 1.00 bits per heavy atom. The molecule has 3 heteroatoms. The van der Waals surface area contributed by atoms with E-state index in [4.69, 9.17) is 0 Å². The standard InChI is InChI=1S/C32H21O2P/c33-22-15-17-24(18-16-22)35(34,23-9-2-1-3-10-23)30-20-19-28-26-12-5-8-21-7-4-11-25(31(21)26)27-13-6-14-29(30)32(27)28/h1-20,33H. The van der Waals surface area contributed by atoms with E-state index < -0.39 is 7.14 Å². The summed E-state index contributed by atoms with van der Waals surface area (Å²) in [7, 11) is -3.22. The smallest absolute Gasteiger partial charge is 0.171 e. The molecule has 1 unspecified atom stereocenters. The predicted octanol–water partition coefficient (Wildman–Crippen LogP) is 7.08. The van der Waals surface area contributed by atoms with Gasteiger partial charge in [0.1, 0.15) is 5.75 Å². The molecule has 0 aliphatic rings. The van der Waals surface area contributed by atoms with Gasteiger partial charge in [0.05, 0.1) is 0 Å². The molecule has 0 spiro atoms. The van der Waals surface area contributed by atoms with Gasteiger partial charge < -0.3 is 9.67 Å². The van der Waals surface area contributed by atoms with Crippen LogP contribution in [0.5, 0.6) is 5.75 Å². The number of phenols is 1.